The van der Waals surface area contributed by atoms with Crippen molar-refractivity contribution >= 4 is 29.8 Å². The fourth-order valence-corrected chi connectivity index (χ4v) is 6.09. The summed E-state index contributed by atoms with van der Waals surface area (Å²) in [4.78, 5) is 48.8. The molecule has 1 aliphatic carbocycles. The predicted octanol–water partition coefficient (Wildman–Crippen LogP) is -4.34. The highest BCUT2D eigenvalue weighted by molar-refractivity contribution is 6.02. The lowest BCUT2D eigenvalue weighted by Crippen LogP contribution is -2.90. The van der Waals surface area contributed by atoms with Gasteiger partial charge < -0.3 is 25.6 Å². The summed E-state index contributed by atoms with van der Waals surface area (Å²) in [5.74, 6) is -3.32. The van der Waals surface area contributed by atoms with Gasteiger partial charge in [0.25, 0.3) is 11.4 Å². The fourth-order valence-electron chi connectivity index (χ4n) is 6.09. The Kier molecular flexibility index (Phi) is 5.55. The second-order valence-electron chi connectivity index (χ2n) is 9.99. The first kappa shape index (κ1) is 23.6. The molecule has 0 aromatic carbocycles. The van der Waals surface area contributed by atoms with Crippen LogP contribution in [-0.2, 0) is 14.3 Å². The molecule has 0 radical (unpaired) electrons. The van der Waals surface area contributed by atoms with Crippen LogP contribution in [0.3, 0.4) is 0 Å². The zero-order valence-corrected chi connectivity index (χ0v) is 19.6. The fraction of sp³-hybridized carbons (Fsp3) is 0.762. The predicted molar refractivity (Wildman–Crippen MR) is 120 cm³/mol. The normalized spacial score (nSPS) is 34.2. The van der Waals surface area contributed by atoms with E-state index in [9.17, 15) is 24.6 Å². The summed E-state index contributed by atoms with van der Waals surface area (Å²) in [5, 5.41) is 25.8. The lowest BCUT2D eigenvalue weighted by atomic mass is 9.85. The second-order valence-corrected chi connectivity index (χ2v) is 9.99. The van der Waals surface area contributed by atoms with Crippen LogP contribution in [0.25, 0.3) is 0 Å². The Balaban J connectivity index is 1.41. The van der Waals surface area contributed by atoms with E-state index in [4.69, 9.17) is 16.2 Å². The molecule has 0 aromatic heterocycles. The van der Waals surface area contributed by atoms with Gasteiger partial charge in [-0.1, -0.05) is 19.3 Å². The monoisotopic (exact) mass is 493 g/mol. The highest BCUT2D eigenvalue weighted by Crippen LogP contribution is 2.42. The largest absolute Gasteiger partial charge is 0.438 e. The van der Waals surface area contributed by atoms with Crippen LogP contribution in [0, 0.1) is 0 Å². The highest BCUT2D eigenvalue weighted by Gasteiger charge is 2.77. The van der Waals surface area contributed by atoms with Crippen molar-refractivity contribution in [3.05, 3.63) is 0 Å². The molecule has 8 N–H and O–H groups in total. The Morgan fingerprint density at radius 2 is 1.89 bits per heavy atom. The third-order valence-electron chi connectivity index (χ3n) is 8.01. The zero-order chi connectivity index (χ0) is 25.1. The van der Waals surface area contributed by atoms with E-state index in [1.54, 1.807) is 7.05 Å². The van der Waals surface area contributed by atoms with Crippen LogP contribution in [0.4, 0.5) is 4.79 Å². The van der Waals surface area contributed by atoms with Gasteiger partial charge in [-0.25, -0.2) is 15.1 Å². The molecule has 1 spiro atoms. The Morgan fingerprint density at radius 3 is 2.54 bits per heavy atom. The van der Waals surface area contributed by atoms with E-state index in [2.05, 4.69) is 15.3 Å². The summed E-state index contributed by atoms with van der Waals surface area (Å²) in [6, 6.07) is -1.70. The molecule has 35 heavy (non-hydrogen) atoms. The van der Waals surface area contributed by atoms with Gasteiger partial charge in [0, 0.05) is 25.9 Å². The second kappa shape index (κ2) is 8.22. The molecule has 5 aliphatic rings. The first-order valence-electron chi connectivity index (χ1n) is 12.1. The molecule has 2 saturated heterocycles. The van der Waals surface area contributed by atoms with Crippen LogP contribution in [0.15, 0.2) is 4.99 Å². The summed E-state index contributed by atoms with van der Waals surface area (Å²) >= 11 is 0. The molecule has 4 atom stereocenters. The number of carbonyl (C=O) groups excluding carboxylic acids is 3. The first-order valence-corrected chi connectivity index (χ1v) is 12.1. The van der Waals surface area contributed by atoms with Crippen molar-refractivity contribution in [2.45, 2.75) is 80.6 Å². The van der Waals surface area contributed by atoms with Gasteiger partial charge in [-0.2, -0.15) is 0 Å². The van der Waals surface area contributed by atoms with Crippen LogP contribution < -0.4 is 21.8 Å². The minimum atomic E-state index is -2.65. The molecule has 4 heterocycles. The van der Waals surface area contributed by atoms with Gasteiger partial charge in [0.05, 0.1) is 13.1 Å². The Morgan fingerprint density at radius 1 is 1.23 bits per heavy atom. The van der Waals surface area contributed by atoms with Crippen LogP contribution >= 0.6 is 0 Å². The van der Waals surface area contributed by atoms with Crippen molar-refractivity contribution in [3.8, 4) is 0 Å². The van der Waals surface area contributed by atoms with E-state index >= 15 is 0 Å². The molecule has 14 heteroatoms. The van der Waals surface area contributed by atoms with Crippen molar-refractivity contribution < 1.29 is 34.3 Å². The molecule has 3 fully saturated rings. The third-order valence-corrected chi connectivity index (χ3v) is 8.01. The number of likely N-dealkylation sites (tertiary alicyclic amines) is 1. The molecule has 4 aliphatic heterocycles. The number of nitrogens with zero attached hydrogens (tertiary/aromatic N) is 4. The molecule has 1 saturated carbocycles. The van der Waals surface area contributed by atoms with Gasteiger partial charge >= 0.3 is 12.1 Å². The van der Waals surface area contributed by atoms with Crippen LogP contribution in [0.5, 0.6) is 0 Å². The molecule has 5 rings (SSSR count). The zero-order valence-electron chi connectivity index (χ0n) is 19.6. The van der Waals surface area contributed by atoms with E-state index in [1.165, 1.54) is 9.80 Å². The van der Waals surface area contributed by atoms with Gasteiger partial charge in [-0.05, 0) is 12.8 Å². The number of ether oxygens (including phenoxy) is 1. The third kappa shape index (κ3) is 3.49. The van der Waals surface area contributed by atoms with Gasteiger partial charge in [-0.15, -0.1) is 0 Å². The van der Waals surface area contributed by atoms with Crippen LogP contribution in [0.1, 0.15) is 44.9 Å². The van der Waals surface area contributed by atoms with Gasteiger partial charge in [0.2, 0.25) is 11.8 Å². The molecule has 3 amide bonds. The quantitative estimate of drug-likeness (QED) is 0.164. The maximum Gasteiger partial charge on any atom is 0.410 e. The van der Waals surface area contributed by atoms with Crippen molar-refractivity contribution in [1.82, 2.24) is 20.0 Å². The van der Waals surface area contributed by atoms with E-state index in [0.29, 0.717) is 0 Å². The molecule has 14 nitrogen and oxygen atoms in total. The minimum Gasteiger partial charge on any atom is -0.438 e. The number of guanidine groups is 2. The molecule has 0 bridgehead atoms. The summed E-state index contributed by atoms with van der Waals surface area (Å²) in [5.41, 5.74) is 10.5. The van der Waals surface area contributed by atoms with E-state index in [0.717, 1.165) is 37.0 Å². The number of aliphatic imine (C=N–C) groups is 1. The van der Waals surface area contributed by atoms with Crippen molar-refractivity contribution in [3.63, 3.8) is 0 Å². The first-order chi connectivity index (χ1) is 16.6. The number of amides is 3. The summed E-state index contributed by atoms with van der Waals surface area (Å²) in [6.07, 6.45) is 3.09. The standard InChI is InChI=1S/C21H32N8O6/c1-27(11-5-3-2-4-6-11)19(32)35-13-10-29-18(23)24-12(9-28-14(30)7-8-15(28)31)16-20(29,21(13,33)34)26-17(22)25-16/h11-13,16,33-34H,2-10H2,1H3,(H2,23,24)(H3,22,25,26)/p+1/t12-,13-,16?,20?/m0/s1. The molecular formula is C21H33N8O6+. The number of rotatable bonds is 4. The van der Waals surface area contributed by atoms with Gasteiger partial charge in [0.15, 0.2) is 18.1 Å². The maximum atomic E-state index is 12.9. The van der Waals surface area contributed by atoms with Crippen LogP contribution in [0.2, 0.25) is 0 Å². The smallest absolute Gasteiger partial charge is 0.410 e. The maximum absolute atomic E-state index is 12.9. The average Bonchev–Trinajstić information content (AvgIpc) is 3.42. The van der Waals surface area contributed by atoms with E-state index in [1.807, 2.05) is 0 Å². The summed E-state index contributed by atoms with van der Waals surface area (Å²) in [6.45, 7) is -0.259. The van der Waals surface area contributed by atoms with Gasteiger partial charge in [0.1, 0.15) is 6.04 Å². The number of nitrogens with two attached hydrogens (primary N) is 2. The minimum absolute atomic E-state index is 0.0275. The number of carbonyl (C=O) groups is 3. The molecule has 0 aromatic rings. The number of hydrogen-bond acceptors (Lipinski definition) is 11. The Labute approximate surface area is 201 Å². The summed E-state index contributed by atoms with van der Waals surface area (Å²) in [7, 11) is 1.65. The van der Waals surface area contributed by atoms with Crippen molar-refractivity contribution in [1.29, 1.82) is 0 Å². The number of imide groups is 1. The number of nitrogens with one attached hydrogen (secondary N) is 2. The molecular weight excluding hydrogens is 460 g/mol. The van der Waals surface area contributed by atoms with Gasteiger partial charge in [-0.3, -0.25) is 30.1 Å². The number of hydrogen-bond donors (Lipinski definition) is 6. The summed E-state index contributed by atoms with van der Waals surface area (Å²) < 4.78 is 5.62. The van der Waals surface area contributed by atoms with Crippen molar-refractivity contribution in [2.24, 2.45) is 16.5 Å². The lowest BCUT2D eigenvalue weighted by Gasteiger charge is -2.46. The average molecular weight is 494 g/mol. The molecule has 2 unspecified atom stereocenters. The highest BCUT2D eigenvalue weighted by atomic mass is 16.6. The molecule has 192 valence electrons. The van der Waals surface area contributed by atoms with Crippen molar-refractivity contribution in [2.75, 3.05) is 20.1 Å². The van der Waals surface area contributed by atoms with E-state index < -0.39 is 35.7 Å². The topological polar surface area (TPSA) is 201 Å². The lowest BCUT2D eigenvalue weighted by molar-refractivity contribution is -0.522. The Bertz CT molecular complexity index is 978. The van der Waals surface area contributed by atoms with Crippen LogP contribution in [-0.4, -0.2) is 111 Å². The Hall–Kier alpha value is -3.13. The van der Waals surface area contributed by atoms with E-state index in [-0.39, 0.29) is 55.7 Å². The SMILES string of the molecule is CN(C(=O)O[C@H]1CN2C(N)=N[C@@H](CN3C(=O)CCC3=O)C3[NH+]=C(N)NC32C1(O)O)C1CCCCC1. The number of aliphatic hydroxyl groups is 2.